The number of ether oxygens (including phenoxy) is 3. The molecule has 0 aliphatic carbocycles. The maximum atomic E-state index is 14.2. The lowest BCUT2D eigenvalue weighted by Crippen LogP contribution is -2.46. The molecule has 4 aromatic carbocycles. The van der Waals surface area contributed by atoms with E-state index >= 15 is 0 Å². The van der Waals surface area contributed by atoms with Crippen LogP contribution in [0.2, 0.25) is 5.02 Å². The van der Waals surface area contributed by atoms with Gasteiger partial charge in [-0.2, -0.15) is 0 Å². The van der Waals surface area contributed by atoms with Crippen LogP contribution in [0.25, 0.3) is 0 Å². The van der Waals surface area contributed by atoms with Crippen molar-refractivity contribution in [3.8, 4) is 17.2 Å². The fourth-order valence-corrected chi connectivity index (χ4v) is 5.15. The van der Waals surface area contributed by atoms with E-state index in [4.69, 9.17) is 25.8 Å². The van der Waals surface area contributed by atoms with E-state index in [2.05, 4.69) is 5.32 Å². The standard InChI is InChI=1S/C31H27ClN2O5/c1-37-22-13-8-19(9-14-22)29-28(30(35)33-26-18-20(32)10-17-27(26)39-3)24-6-4-5-7-25(24)31(36)34(29)21-11-15-23(38-2)16-12-21/h4-18,28-29H,1-3H3,(H,33,35)/t28-,29+/m0/s1. The number of fused-ring (bicyclic) bond motifs is 1. The number of benzene rings is 4. The summed E-state index contributed by atoms with van der Waals surface area (Å²) in [6, 6.07) is 26.2. The average Bonchev–Trinajstić information content (AvgIpc) is 2.97. The number of nitrogens with one attached hydrogen (secondary N) is 1. The largest absolute Gasteiger partial charge is 0.497 e. The molecule has 4 aromatic rings. The summed E-state index contributed by atoms with van der Waals surface area (Å²) in [6.07, 6.45) is 0. The number of amides is 2. The molecule has 0 saturated heterocycles. The molecular formula is C31H27ClN2O5. The van der Waals surface area contributed by atoms with Crippen molar-refractivity contribution in [3.05, 3.63) is 113 Å². The smallest absolute Gasteiger partial charge is 0.259 e. The van der Waals surface area contributed by atoms with Crippen LogP contribution in [-0.4, -0.2) is 33.1 Å². The Morgan fingerprint density at radius 1 is 0.821 bits per heavy atom. The van der Waals surface area contributed by atoms with Crippen molar-refractivity contribution < 1.29 is 23.8 Å². The van der Waals surface area contributed by atoms with Crippen molar-refractivity contribution in [2.45, 2.75) is 12.0 Å². The molecule has 5 rings (SSSR count). The van der Waals surface area contributed by atoms with Crippen LogP contribution in [0.15, 0.2) is 91.0 Å². The van der Waals surface area contributed by atoms with Gasteiger partial charge in [0.1, 0.15) is 17.2 Å². The quantitative estimate of drug-likeness (QED) is 0.289. The van der Waals surface area contributed by atoms with E-state index in [1.165, 1.54) is 7.11 Å². The van der Waals surface area contributed by atoms with Crippen LogP contribution < -0.4 is 24.4 Å². The van der Waals surface area contributed by atoms with E-state index in [0.29, 0.717) is 44.8 Å². The first-order valence-corrected chi connectivity index (χ1v) is 12.7. The van der Waals surface area contributed by atoms with Gasteiger partial charge >= 0.3 is 0 Å². The second-order valence-corrected chi connectivity index (χ2v) is 9.43. The number of nitrogens with zero attached hydrogens (tertiary/aromatic N) is 1. The van der Waals surface area contributed by atoms with Crippen molar-refractivity contribution >= 4 is 34.8 Å². The van der Waals surface area contributed by atoms with E-state index in [1.807, 2.05) is 48.5 Å². The first-order valence-electron chi connectivity index (χ1n) is 12.3. The highest BCUT2D eigenvalue weighted by atomic mass is 35.5. The lowest BCUT2D eigenvalue weighted by molar-refractivity contribution is -0.118. The summed E-state index contributed by atoms with van der Waals surface area (Å²) in [5, 5.41) is 3.46. The fourth-order valence-electron chi connectivity index (χ4n) is 4.97. The van der Waals surface area contributed by atoms with Crippen LogP contribution in [0.3, 0.4) is 0 Å². The molecule has 1 N–H and O–H groups in total. The van der Waals surface area contributed by atoms with Crippen molar-refractivity contribution in [1.29, 1.82) is 0 Å². The van der Waals surface area contributed by atoms with Crippen molar-refractivity contribution in [1.82, 2.24) is 0 Å². The third kappa shape index (κ3) is 5.01. The second kappa shape index (κ2) is 11.1. The highest BCUT2D eigenvalue weighted by Crippen LogP contribution is 2.46. The Hall–Kier alpha value is -4.49. The highest BCUT2D eigenvalue weighted by Gasteiger charge is 2.45. The summed E-state index contributed by atoms with van der Waals surface area (Å²) >= 11 is 6.24. The minimum absolute atomic E-state index is 0.207. The molecule has 39 heavy (non-hydrogen) atoms. The molecule has 0 fully saturated rings. The van der Waals surface area contributed by atoms with Gasteiger partial charge in [-0.15, -0.1) is 0 Å². The van der Waals surface area contributed by atoms with Gasteiger partial charge in [0, 0.05) is 16.3 Å². The molecule has 2 atom stereocenters. The summed E-state index contributed by atoms with van der Waals surface area (Å²) < 4.78 is 16.2. The molecule has 1 heterocycles. The molecular weight excluding hydrogens is 516 g/mol. The summed E-state index contributed by atoms with van der Waals surface area (Å²) in [5.74, 6) is 0.517. The number of halogens is 1. The summed E-state index contributed by atoms with van der Waals surface area (Å²) in [7, 11) is 4.70. The van der Waals surface area contributed by atoms with Gasteiger partial charge in [-0.25, -0.2) is 0 Å². The third-order valence-electron chi connectivity index (χ3n) is 6.85. The van der Waals surface area contributed by atoms with Gasteiger partial charge < -0.3 is 19.5 Å². The van der Waals surface area contributed by atoms with Crippen molar-refractivity contribution in [2.24, 2.45) is 0 Å². The van der Waals surface area contributed by atoms with Crippen LogP contribution in [-0.2, 0) is 4.79 Å². The van der Waals surface area contributed by atoms with Gasteiger partial charge in [-0.3, -0.25) is 14.5 Å². The van der Waals surface area contributed by atoms with Crippen LogP contribution >= 0.6 is 11.6 Å². The maximum Gasteiger partial charge on any atom is 0.259 e. The molecule has 8 heteroatoms. The molecule has 198 valence electrons. The summed E-state index contributed by atoms with van der Waals surface area (Å²) in [5.41, 5.74) is 2.93. The predicted molar refractivity (Wildman–Crippen MR) is 151 cm³/mol. The molecule has 0 aromatic heterocycles. The Morgan fingerprint density at radius 2 is 1.46 bits per heavy atom. The first-order chi connectivity index (χ1) is 18.9. The Kier molecular flexibility index (Phi) is 7.43. The van der Waals surface area contributed by atoms with Crippen LogP contribution in [0.4, 0.5) is 11.4 Å². The summed E-state index contributed by atoms with van der Waals surface area (Å²) in [4.78, 5) is 29.9. The fraction of sp³-hybridized carbons (Fsp3) is 0.161. The molecule has 0 saturated carbocycles. The van der Waals surface area contributed by atoms with E-state index < -0.39 is 12.0 Å². The molecule has 0 unspecified atom stereocenters. The average molecular weight is 543 g/mol. The number of anilines is 2. The highest BCUT2D eigenvalue weighted by molar-refractivity contribution is 6.31. The SMILES string of the molecule is COc1ccc([C@@H]2[C@@H](C(=O)Nc3cc(Cl)ccc3OC)c3ccccc3C(=O)N2c2ccc(OC)cc2)cc1. The molecule has 2 amide bonds. The van der Waals surface area contributed by atoms with Crippen LogP contribution in [0.1, 0.15) is 33.4 Å². The van der Waals surface area contributed by atoms with Gasteiger partial charge in [-0.1, -0.05) is 41.9 Å². The van der Waals surface area contributed by atoms with Gasteiger partial charge in [-0.05, 0) is 71.8 Å². The monoisotopic (exact) mass is 542 g/mol. The van der Waals surface area contributed by atoms with Gasteiger partial charge in [0.15, 0.2) is 0 Å². The van der Waals surface area contributed by atoms with Gasteiger partial charge in [0.05, 0.1) is 39.0 Å². The number of carbonyl (C=O) groups is 2. The second-order valence-electron chi connectivity index (χ2n) is 8.99. The van der Waals surface area contributed by atoms with Crippen LogP contribution in [0.5, 0.6) is 17.2 Å². The summed E-state index contributed by atoms with van der Waals surface area (Å²) in [6.45, 7) is 0. The Labute approximate surface area is 231 Å². The Balaban J connectivity index is 1.69. The van der Waals surface area contributed by atoms with Crippen molar-refractivity contribution in [3.63, 3.8) is 0 Å². The number of carbonyl (C=O) groups excluding carboxylic acids is 2. The van der Waals surface area contributed by atoms with E-state index in [1.54, 1.807) is 61.6 Å². The third-order valence-corrected chi connectivity index (χ3v) is 7.08. The number of hydrogen-bond donors (Lipinski definition) is 1. The van der Waals surface area contributed by atoms with Crippen LogP contribution in [0, 0.1) is 0 Å². The number of rotatable bonds is 7. The zero-order valence-electron chi connectivity index (χ0n) is 21.7. The topological polar surface area (TPSA) is 77.1 Å². The molecule has 0 spiro atoms. The lowest BCUT2D eigenvalue weighted by atomic mass is 9.78. The number of hydrogen-bond acceptors (Lipinski definition) is 5. The van der Waals surface area contributed by atoms with Gasteiger partial charge in [0.2, 0.25) is 5.91 Å². The van der Waals surface area contributed by atoms with E-state index in [0.717, 1.165) is 5.56 Å². The zero-order valence-corrected chi connectivity index (χ0v) is 22.4. The normalized spacial score (nSPS) is 16.3. The minimum atomic E-state index is -0.766. The molecule has 0 radical (unpaired) electrons. The molecule has 1 aliphatic heterocycles. The Bertz CT molecular complexity index is 1500. The van der Waals surface area contributed by atoms with Gasteiger partial charge in [0.25, 0.3) is 5.91 Å². The molecule has 0 bridgehead atoms. The maximum absolute atomic E-state index is 14.2. The number of methoxy groups -OCH3 is 3. The van der Waals surface area contributed by atoms with Crippen molar-refractivity contribution in [2.75, 3.05) is 31.5 Å². The first kappa shape index (κ1) is 26.1. The van der Waals surface area contributed by atoms with E-state index in [-0.39, 0.29) is 11.8 Å². The molecule has 1 aliphatic rings. The lowest BCUT2D eigenvalue weighted by Gasteiger charge is -2.42. The predicted octanol–water partition coefficient (Wildman–Crippen LogP) is 6.49. The molecule has 7 nitrogen and oxygen atoms in total. The zero-order chi connectivity index (χ0) is 27.5. The Morgan fingerprint density at radius 3 is 2.10 bits per heavy atom. The minimum Gasteiger partial charge on any atom is -0.497 e. The van der Waals surface area contributed by atoms with E-state index in [9.17, 15) is 9.59 Å².